The van der Waals surface area contributed by atoms with Crippen molar-refractivity contribution in [2.45, 2.75) is 20.3 Å². The van der Waals surface area contributed by atoms with E-state index in [1.807, 2.05) is 24.3 Å². The van der Waals surface area contributed by atoms with Crippen LogP contribution in [0.3, 0.4) is 0 Å². The van der Waals surface area contributed by atoms with Crippen LogP contribution in [0.25, 0.3) is 10.6 Å². The van der Waals surface area contributed by atoms with E-state index < -0.39 is 17.0 Å². The molecule has 0 amide bonds. The molecule has 0 heterocycles. The molecule has 22 heavy (non-hydrogen) atoms. The number of hydrogen-bond donors (Lipinski definition) is 0. The van der Waals surface area contributed by atoms with Gasteiger partial charge in [0.2, 0.25) is 0 Å². The van der Waals surface area contributed by atoms with E-state index in [2.05, 4.69) is 48.7 Å². The summed E-state index contributed by atoms with van der Waals surface area (Å²) in [5.41, 5.74) is 4.64. The molecule has 0 saturated heterocycles. The van der Waals surface area contributed by atoms with Crippen LogP contribution in [-0.2, 0) is 17.0 Å². The molecule has 118 valence electrons. The normalized spacial score (nSPS) is 9.45. The molecule has 0 bridgehead atoms. The average molecular weight is 371 g/mol. The summed E-state index contributed by atoms with van der Waals surface area (Å²) in [6.45, 7) is 5.84. The van der Waals surface area contributed by atoms with Crippen LogP contribution in [0.15, 0.2) is 48.5 Å². The fourth-order valence-electron chi connectivity index (χ4n) is 1.94. The number of benzene rings is 2. The van der Waals surface area contributed by atoms with Gasteiger partial charge < -0.3 is 10.6 Å². The van der Waals surface area contributed by atoms with Crippen molar-refractivity contribution in [3.05, 3.63) is 70.3 Å². The minimum absolute atomic E-state index is 0.556. The Kier molecular flexibility index (Phi) is 10.4. The molecule has 2 nitrogen and oxygen atoms in total. The zero-order valence-electron chi connectivity index (χ0n) is 12.9. The quantitative estimate of drug-likeness (QED) is 0.396. The van der Waals surface area contributed by atoms with Crippen LogP contribution >= 0.6 is 18.6 Å². The SMILES string of the molecule is Cc1cccc([N-]CCC[N-]c2cccc(C)c2)c1.[Cl][Ti][Cl]. The Morgan fingerprint density at radius 3 is 1.59 bits per heavy atom. The molecule has 2 aromatic carbocycles. The molecule has 2 aromatic rings. The third-order valence-electron chi connectivity index (χ3n) is 2.91. The molecule has 0 aliphatic rings. The number of aryl methyl sites for hydroxylation is 2. The molecule has 0 atom stereocenters. The van der Waals surface area contributed by atoms with Gasteiger partial charge in [-0.3, -0.25) is 0 Å². The summed E-state index contributed by atoms with van der Waals surface area (Å²) in [6.07, 6.45) is 0.988. The van der Waals surface area contributed by atoms with E-state index in [4.69, 9.17) is 18.6 Å². The topological polar surface area (TPSA) is 28.2 Å². The molecule has 0 aliphatic heterocycles. The first-order valence-corrected chi connectivity index (χ1v) is 11.4. The van der Waals surface area contributed by atoms with Crippen molar-refractivity contribution < 1.29 is 17.0 Å². The summed E-state index contributed by atoms with van der Waals surface area (Å²) < 4.78 is 0. The van der Waals surface area contributed by atoms with E-state index >= 15 is 0 Å². The van der Waals surface area contributed by atoms with Gasteiger partial charge in [0.25, 0.3) is 0 Å². The Hall–Kier alpha value is -0.666. The molecule has 0 saturated carbocycles. The van der Waals surface area contributed by atoms with Crippen molar-refractivity contribution in [1.29, 1.82) is 0 Å². The van der Waals surface area contributed by atoms with Crippen LogP contribution in [0.2, 0.25) is 0 Å². The number of hydrogen-bond acceptors (Lipinski definition) is 0. The van der Waals surface area contributed by atoms with E-state index in [1.54, 1.807) is 0 Å². The zero-order chi connectivity index (χ0) is 16.2. The summed E-state index contributed by atoms with van der Waals surface area (Å²) in [4.78, 5) is 0. The molecule has 0 spiro atoms. The predicted molar refractivity (Wildman–Crippen MR) is 94.5 cm³/mol. The zero-order valence-corrected chi connectivity index (χ0v) is 16.0. The van der Waals surface area contributed by atoms with Gasteiger partial charge in [-0.1, -0.05) is 66.1 Å². The van der Waals surface area contributed by atoms with Gasteiger partial charge in [-0.25, -0.2) is 0 Å². The first-order valence-electron chi connectivity index (χ1n) is 7.10. The van der Waals surface area contributed by atoms with Crippen LogP contribution in [0.5, 0.6) is 0 Å². The molecule has 5 heteroatoms. The Morgan fingerprint density at radius 1 is 0.818 bits per heavy atom. The van der Waals surface area contributed by atoms with E-state index in [0.717, 1.165) is 30.9 Å². The van der Waals surface area contributed by atoms with Gasteiger partial charge in [0.1, 0.15) is 0 Å². The second kappa shape index (κ2) is 11.8. The van der Waals surface area contributed by atoms with Gasteiger partial charge in [0.15, 0.2) is 0 Å². The second-order valence-electron chi connectivity index (χ2n) is 4.87. The van der Waals surface area contributed by atoms with Crippen LogP contribution < -0.4 is 0 Å². The molecule has 0 radical (unpaired) electrons. The van der Waals surface area contributed by atoms with Crippen molar-refractivity contribution in [2.75, 3.05) is 13.1 Å². The number of rotatable bonds is 6. The summed E-state index contributed by atoms with van der Waals surface area (Å²) in [7, 11) is 9.78. The van der Waals surface area contributed by atoms with Crippen molar-refractivity contribution in [3.63, 3.8) is 0 Å². The Labute approximate surface area is 150 Å². The molecule has 0 N–H and O–H groups in total. The maximum atomic E-state index is 4.89. The molecule has 0 fully saturated rings. The molecule has 0 unspecified atom stereocenters. The number of nitrogens with zero attached hydrogens (tertiary/aromatic N) is 2. The van der Waals surface area contributed by atoms with Gasteiger partial charge in [-0.05, 0) is 13.8 Å². The van der Waals surface area contributed by atoms with E-state index in [-0.39, 0.29) is 0 Å². The van der Waals surface area contributed by atoms with E-state index in [0.29, 0.717) is 0 Å². The van der Waals surface area contributed by atoms with Gasteiger partial charge in [-0.15, -0.1) is 24.5 Å². The van der Waals surface area contributed by atoms with E-state index in [9.17, 15) is 0 Å². The third kappa shape index (κ3) is 8.70. The Bertz CT molecular complexity index is 502. The Morgan fingerprint density at radius 2 is 1.23 bits per heavy atom. The van der Waals surface area contributed by atoms with Crippen LogP contribution in [0.4, 0.5) is 11.4 Å². The first kappa shape index (κ1) is 19.4. The van der Waals surface area contributed by atoms with E-state index in [1.165, 1.54) is 11.1 Å². The minimum atomic E-state index is -0.556. The monoisotopic (exact) mass is 370 g/mol. The first-order chi connectivity index (χ1) is 10.7. The average Bonchev–Trinajstić information content (AvgIpc) is 2.48. The fourth-order valence-corrected chi connectivity index (χ4v) is 1.94. The van der Waals surface area contributed by atoms with Crippen LogP contribution in [0, 0.1) is 13.8 Å². The van der Waals surface area contributed by atoms with Gasteiger partial charge in [-0.2, -0.15) is 0 Å². The fraction of sp³-hybridized carbons (Fsp3) is 0.294. The van der Waals surface area contributed by atoms with Crippen molar-refractivity contribution in [2.24, 2.45) is 0 Å². The standard InChI is InChI=1S/C17H20N2.2ClH.Ti/c1-14-6-3-8-16(12-14)18-10-5-11-19-17-9-4-7-15(2)13-17;;;/h3-4,6-9,12-13H,5,10-11H2,1-2H3;2*1H;/q-2;;;+2/p-2. The van der Waals surface area contributed by atoms with Crippen LogP contribution in [0.1, 0.15) is 17.5 Å². The van der Waals surface area contributed by atoms with Crippen molar-refractivity contribution >= 4 is 30.0 Å². The predicted octanol–water partition coefficient (Wildman–Crippen LogP) is 6.78. The third-order valence-corrected chi connectivity index (χ3v) is 2.91. The summed E-state index contributed by atoms with van der Waals surface area (Å²) in [6, 6.07) is 16.6. The molecular weight excluding hydrogens is 351 g/mol. The van der Waals surface area contributed by atoms with Gasteiger partial charge in [0.05, 0.1) is 0 Å². The molecule has 2 rings (SSSR count). The second-order valence-corrected chi connectivity index (χ2v) is 7.45. The number of halogens is 2. The van der Waals surface area contributed by atoms with Crippen LogP contribution in [-0.4, -0.2) is 13.1 Å². The summed E-state index contributed by atoms with van der Waals surface area (Å²) >= 11 is -0.556. The molecular formula is C17H20Cl2N2Ti-2. The maximum absolute atomic E-state index is 4.89. The van der Waals surface area contributed by atoms with Crippen molar-refractivity contribution in [1.82, 2.24) is 0 Å². The summed E-state index contributed by atoms with van der Waals surface area (Å²) in [5.74, 6) is 0. The van der Waals surface area contributed by atoms with Gasteiger partial charge >= 0.3 is 35.6 Å². The molecule has 0 aliphatic carbocycles. The Balaban J connectivity index is 0.000000745. The molecule has 0 aromatic heterocycles. The summed E-state index contributed by atoms with van der Waals surface area (Å²) in [5, 5.41) is 9.11. The van der Waals surface area contributed by atoms with Crippen molar-refractivity contribution in [3.8, 4) is 0 Å². The van der Waals surface area contributed by atoms with Gasteiger partial charge in [0, 0.05) is 0 Å².